The monoisotopic (exact) mass is 235 g/mol. The molecule has 0 fully saturated rings. The normalized spacial score (nSPS) is 12.4. The summed E-state index contributed by atoms with van der Waals surface area (Å²) in [4.78, 5) is 0. The molecule has 1 unspecified atom stereocenters. The lowest BCUT2D eigenvalue weighted by atomic mass is 10.1. The number of para-hydroxylation sites is 1. The zero-order valence-electron chi connectivity index (χ0n) is 11.1. The minimum atomic E-state index is 0.478. The van der Waals surface area contributed by atoms with Crippen molar-refractivity contribution in [3.63, 3.8) is 0 Å². The van der Waals surface area contributed by atoms with Crippen molar-refractivity contribution in [1.82, 2.24) is 5.32 Å². The topological polar surface area (TPSA) is 21.3 Å². The van der Waals surface area contributed by atoms with Gasteiger partial charge in [0.2, 0.25) is 0 Å². The van der Waals surface area contributed by atoms with Crippen LogP contribution >= 0.6 is 0 Å². The van der Waals surface area contributed by atoms with Gasteiger partial charge in [-0.3, -0.25) is 0 Å². The molecule has 1 aromatic carbocycles. The minimum Gasteiger partial charge on any atom is -0.492 e. The Labute approximate surface area is 105 Å². The van der Waals surface area contributed by atoms with Crippen LogP contribution in [0.3, 0.4) is 0 Å². The largest absolute Gasteiger partial charge is 0.492 e. The summed E-state index contributed by atoms with van der Waals surface area (Å²) in [5, 5.41) is 3.49. The first-order chi connectivity index (χ1) is 8.36. The number of likely N-dealkylation sites (N-methyl/N-ethyl adjacent to an activating group) is 1. The van der Waals surface area contributed by atoms with E-state index in [1.807, 2.05) is 30.3 Å². The third kappa shape index (κ3) is 6.32. The zero-order valence-corrected chi connectivity index (χ0v) is 11.1. The van der Waals surface area contributed by atoms with Crippen LogP contribution < -0.4 is 10.1 Å². The van der Waals surface area contributed by atoms with Crippen molar-refractivity contribution in [3.8, 4) is 5.75 Å². The van der Waals surface area contributed by atoms with Crippen LogP contribution in [0.5, 0.6) is 5.75 Å². The van der Waals surface area contributed by atoms with Gasteiger partial charge in [0.25, 0.3) is 0 Å². The summed E-state index contributed by atoms with van der Waals surface area (Å²) in [5.74, 6) is 0.964. The van der Waals surface area contributed by atoms with Crippen LogP contribution in [0.25, 0.3) is 0 Å². The van der Waals surface area contributed by atoms with E-state index in [1.165, 1.54) is 25.7 Å². The summed E-state index contributed by atoms with van der Waals surface area (Å²) in [7, 11) is 0. The van der Waals surface area contributed by atoms with Crippen molar-refractivity contribution in [3.05, 3.63) is 30.3 Å². The molecule has 0 aliphatic carbocycles. The second kappa shape index (κ2) is 9.06. The molecule has 0 radical (unpaired) electrons. The first kappa shape index (κ1) is 14.0. The van der Waals surface area contributed by atoms with Gasteiger partial charge in [-0.25, -0.2) is 0 Å². The number of ether oxygens (including phenoxy) is 1. The van der Waals surface area contributed by atoms with Gasteiger partial charge >= 0.3 is 0 Å². The molecule has 0 bridgehead atoms. The van der Waals surface area contributed by atoms with Gasteiger partial charge in [-0.2, -0.15) is 0 Å². The van der Waals surface area contributed by atoms with Gasteiger partial charge < -0.3 is 10.1 Å². The lowest BCUT2D eigenvalue weighted by Gasteiger charge is -2.18. The summed E-state index contributed by atoms with van der Waals surface area (Å²) in [6, 6.07) is 10.5. The maximum Gasteiger partial charge on any atom is 0.119 e. The van der Waals surface area contributed by atoms with Crippen molar-refractivity contribution in [2.24, 2.45) is 0 Å². The SMILES string of the molecule is CCCCCC(COc1ccccc1)NCC. The Balaban J connectivity index is 2.28. The van der Waals surface area contributed by atoms with Crippen LogP contribution in [-0.2, 0) is 0 Å². The predicted octanol–water partition coefficient (Wildman–Crippen LogP) is 3.62. The number of benzene rings is 1. The minimum absolute atomic E-state index is 0.478. The Morgan fingerprint density at radius 3 is 2.53 bits per heavy atom. The van der Waals surface area contributed by atoms with Crippen molar-refractivity contribution < 1.29 is 4.74 Å². The van der Waals surface area contributed by atoms with E-state index in [0.717, 1.165) is 18.9 Å². The number of rotatable bonds is 9. The highest BCUT2D eigenvalue weighted by molar-refractivity contribution is 5.20. The van der Waals surface area contributed by atoms with Gasteiger partial charge in [-0.15, -0.1) is 0 Å². The Bertz CT molecular complexity index is 274. The summed E-state index contributed by atoms with van der Waals surface area (Å²) >= 11 is 0. The molecule has 0 aromatic heterocycles. The molecule has 1 rings (SSSR count). The molecule has 0 aliphatic heterocycles. The first-order valence-electron chi connectivity index (χ1n) is 6.78. The Hall–Kier alpha value is -1.02. The lowest BCUT2D eigenvalue weighted by Crippen LogP contribution is -2.34. The van der Waals surface area contributed by atoms with Gasteiger partial charge in [0.1, 0.15) is 12.4 Å². The molecule has 0 aliphatic rings. The average Bonchev–Trinajstić information content (AvgIpc) is 2.37. The number of hydrogen-bond donors (Lipinski definition) is 1. The molecular formula is C15H25NO. The van der Waals surface area contributed by atoms with E-state index in [9.17, 15) is 0 Å². The molecule has 0 saturated heterocycles. The van der Waals surface area contributed by atoms with Gasteiger partial charge in [-0.1, -0.05) is 51.3 Å². The second-order valence-electron chi connectivity index (χ2n) is 4.37. The van der Waals surface area contributed by atoms with E-state index in [0.29, 0.717) is 6.04 Å². The number of hydrogen-bond acceptors (Lipinski definition) is 2. The van der Waals surface area contributed by atoms with E-state index in [2.05, 4.69) is 19.2 Å². The van der Waals surface area contributed by atoms with E-state index in [-0.39, 0.29) is 0 Å². The van der Waals surface area contributed by atoms with Crippen LogP contribution in [0.1, 0.15) is 39.5 Å². The Morgan fingerprint density at radius 1 is 1.12 bits per heavy atom. The third-order valence-electron chi connectivity index (χ3n) is 2.84. The molecule has 1 atom stereocenters. The quantitative estimate of drug-likeness (QED) is 0.660. The molecule has 17 heavy (non-hydrogen) atoms. The van der Waals surface area contributed by atoms with Crippen LogP contribution in [0, 0.1) is 0 Å². The summed E-state index contributed by atoms with van der Waals surface area (Å²) < 4.78 is 5.79. The maximum absolute atomic E-state index is 5.79. The van der Waals surface area contributed by atoms with Crippen LogP contribution in [0.15, 0.2) is 30.3 Å². The standard InChI is InChI=1S/C15H25NO/c1-3-5-7-10-14(16-4-2)13-17-15-11-8-6-9-12-15/h6,8-9,11-12,14,16H,3-5,7,10,13H2,1-2H3. The van der Waals surface area contributed by atoms with Gasteiger partial charge in [-0.05, 0) is 25.1 Å². The Kier molecular flexibility index (Phi) is 7.48. The van der Waals surface area contributed by atoms with Crippen molar-refractivity contribution in [2.45, 2.75) is 45.6 Å². The van der Waals surface area contributed by atoms with E-state index in [4.69, 9.17) is 4.74 Å². The van der Waals surface area contributed by atoms with Gasteiger partial charge in [0.05, 0.1) is 0 Å². The predicted molar refractivity (Wildman–Crippen MR) is 73.5 cm³/mol. The summed E-state index contributed by atoms with van der Waals surface area (Å²) in [5.41, 5.74) is 0. The van der Waals surface area contributed by atoms with Gasteiger partial charge in [0, 0.05) is 6.04 Å². The fourth-order valence-electron chi connectivity index (χ4n) is 1.89. The van der Waals surface area contributed by atoms with E-state index >= 15 is 0 Å². The Morgan fingerprint density at radius 2 is 1.88 bits per heavy atom. The van der Waals surface area contributed by atoms with Crippen molar-refractivity contribution in [1.29, 1.82) is 0 Å². The van der Waals surface area contributed by atoms with Crippen LogP contribution in [-0.4, -0.2) is 19.2 Å². The van der Waals surface area contributed by atoms with Crippen molar-refractivity contribution >= 4 is 0 Å². The van der Waals surface area contributed by atoms with Crippen LogP contribution in [0.2, 0.25) is 0 Å². The smallest absolute Gasteiger partial charge is 0.119 e. The molecule has 2 nitrogen and oxygen atoms in total. The fourth-order valence-corrected chi connectivity index (χ4v) is 1.89. The second-order valence-corrected chi connectivity index (χ2v) is 4.37. The lowest BCUT2D eigenvalue weighted by molar-refractivity contribution is 0.255. The molecule has 96 valence electrons. The number of nitrogens with one attached hydrogen (secondary N) is 1. The summed E-state index contributed by atoms with van der Waals surface area (Å²) in [6.45, 7) is 6.16. The number of unbranched alkanes of at least 4 members (excludes halogenated alkanes) is 2. The first-order valence-corrected chi connectivity index (χ1v) is 6.78. The molecule has 0 saturated carbocycles. The van der Waals surface area contributed by atoms with Crippen LogP contribution in [0.4, 0.5) is 0 Å². The van der Waals surface area contributed by atoms with Crippen molar-refractivity contribution in [2.75, 3.05) is 13.2 Å². The van der Waals surface area contributed by atoms with Gasteiger partial charge in [0.15, 0.2) is 0 Å². The molecule has 1 N–H and O–H groups in total. The molecule has 1 aromatic rings. The van der Waals surface area contributed by atoms with E-state index < -0.39 is 0 Å². The molecule has 0 spiro atoms. The highest BCUT2D eigenvalue weighted by Gasteiger charge is 2.07. The maximum atomic E-state index is 5.79. The molecule has 0 heterocycles. The molecule has 0 amide bonds. The highest BCUT2D eigenvalue weighted by atomic mass is 16.5. The van der Waals surface area contributed by atoms with E-state index in [1.54, 1.807) is 0 Å². The summed E-state index contributed by atoms with van der Waals surface area (Å²) in [6.07, 6.45) is 5.08. The average molecular weight is 235 g/mol. The molecule has 2 heteroatoms. The third-order valence-corrected chi connectivity index (χ3v) is 2.84. The highest BCUT2D eigenvalue weighted by Crippen LogP contribution is 2.10. The molecular weight excluding hydrogens is 210 g/mol. The fraction of sp³-hybridized carbons (Fsp3) is 0.600. The zero-order chi connectivity index (χ0) is 12.3.